The third kappa shape index (κ3) is 4.29. The number of benzene rings is 2. The van der Waals surface area contributed by atoms with Gasteiger partial charge in [-0.2, -0.15) is 5.10 Å². The van der Waals surface area contributed by atoms with E-state index < -0.39 is 5.91 Å². The second-order valence-electron chi connectivity index (χ2n) is 5.18. The van der Waals surface area contributed by atoms with E-state index in [1.54, 1.807) is 36.4 Å². The van der Waals surface area contributed by atoms with Gasteiger partial charge in [0.25, 0.3) is 5.91 Å². The van der Waals surface area contributed by atoms with Gasteiger partial charge in [-0.3, -0.25) is 15.6 Å². The molecule has 0 aliphatic carbocycles. The van der Waals surface area contributed by atoms with Crippen molar-refractivity contribution in [2.75, 3.05) is 5.32 Å². The molecule has 1 aromatic heterocycles. The molecule has 0 bridgehead atoms. The van der Waals surface area contributed by atoms with Crippen LogP contribution in [0.25, 0.3) is 5.69 Å². The van der Waals surface area contributed by atoms with Crippen LogP contribution >= 0.6 is 23.8 Å². The summed E-state index contributed by atoms with van der Waals surface area (Å²) < 4.78 is 1.41. The Morgan fingerprint density at radius 1 is 1.08 bits per heavy atom. The number of hydrogen-bond donors (Lipinski definition) is 4. The minimum Gasteiger partial charge on any atom is -0.504 e. The topological polar surface area (TPSA) is 91.2 Å². The molecule has 1 amide bonds. The van der Waals surface area contributed by atoms with E-state index in [2.05, 4.69) is 21.3 Å². The average molecular weight is 388 g/mol. The van der Waals surface area contributed by atoms with Crippen molar-refractivity contribution in [3.05, 3.63) is 71.5 Å². The van der Waals surface area contributed by atoms with Gasteiger partial charge in [-0.1, -0.05) is 29.8 Å². The smallest absolute Gasteiger partial charge is 0.294 e. The van der Waals surface area contributed by atoms with Crippen molar-refractivity contribution in [1.82, 2.24) is 20.6 Å². The molecule has 0 fully saturated rings. The van der Waals surface area contributed by atoms with E-state index in [1.165, 1.54) is 10.9 Å². The fourth-order valence-electron chi connectivity index (χ4n) is 2.11. The third-order valence-electron chi connectivity index (χ3n) is 3.32. The quantitative estimate of drug-likeness (QED) is 0.408. The predicted octanol–water partition coefficient (Wildman–Crippen LogP) is 2.86. The van der Waals surface area contributed by atoms with Gasteiger partial charge in [0.2, 0.25) is 0 Å². The zero-order chi connectivity index (χ0) is 18.5. The fourth-order valence-corrected chi connectivity index (χ4v) is 2.40. The summed E-state index contributed by atoms with van der Waals surface area (Å²) in [5.74, 6) is -0.873. The summed E-state index contributed by atoms with van der Waals surface area (Å²) in [6.07, 6.45) is 1.36. The van der Waals surface area contributed by atoms with Gasteiger partial charge >= 0.3 is 0 Å². The molecule has 0 unspecified atom stereocenters. The van der Waals surface area contributed by atoms with E-state index in [4.69, 9.17) is 23.8 Å². The maximum Gasteiger partial charge on any atom is 0.294 e. The molecule has 0 saturated carbocycles. The zero-order valence-corrected chi connectivity index (χ0v) is 14.9. The molecule has 2 aromatic carbocycles. The number of thiocarbonyl (C=S) groups is 1. The lowest BCUT2D eigenvalue weighted by atomic mass is 10.3. The Morgan fingerprint density at radius 2 is 1.77 bits per heavy atom. The van der Waals surface area contributed by atoms with Crippen molar-refractivity contribution in [1.29, 1.82) is 0 Å². The number of amides is 1. The van der Waals surface area contributed by atoms with Gasteiger partial charge in [-0.05, 0) is 48.6 Å². The van der Waals surface area contributed by atoms with E-state index in [0.717, 1.165) is 5.69 Å². The van der Waals surface area contributed by atoms with Crippen molar-refractivity contribution >= 4 is 40.5 Å². The Morgan fingerprint density at radius 3 is 2.46 bits per heavy atom. The lowest BCUT2D eigenvalue weighted by Gasteiger charge is -2.11. The molecule has 0 aliphatic heterocycles. The highest BCUT2D eigenvalue weighted by Gasteiger charge is 2.17. The van der Waals surface area contributed by atoms with Crippen LogP contribution in [0.4, 0.5) is 5.69 Å². The summed E-state index contributed by atoms with van der Waals surface area (Å²) >= 11 is 10.9. The standard InChI is InChI=1S/C17H14ClN5O2S/c18-11-6-8-12(9-7-11)19-17(26)21-20-16(25)15-14(24)10-23(22-15)13-4-2-1-3-5-13/h1-10,24H,(H,20,25)(H2,19,21,26). The first-order chi connectivity index (χ1) is 12.5. The molecule has 0 spiro atoms. The Bertz CT molecular complexity index is 928. The second kappa shape index (κ2) is 7.85. The summed E-state index contributed by atoms with van der Waals surface area (Å²) in [7, 11) is 0. The first-order valence-corrected chi connectivity index (χ1v) is 8.28. The van der Waals surface area contributed by atoms with Crippen LogP contribution < -0.4 is 16.2 Å². The lowest BCUT2D eigenvalue weighted by Crippen LogP contribution is -2.43. The minimum atomic E-state index is -0.627. The normalized spacial score (nSPS) is 10.2. The number of hydrogen-bond acceptors (Lipinski definition) is 4. The van der Waals surface area contributed by atoms with Crippen molar-refractivity contribution in [2.24, 2.45) is 0 Å². The van der Waals surface area contributed by atoms with Crippen LogP contribution in [0.1, 0.15) is 10.5 Å². The number of rotatable bonds is 3. The highest BCUT2D eigenvalue weighted by molar-refractivity contribution is 7.80. The number of nitrogens with one attached hydrogen (secondary N) is 3. The molecular weight excluding hydrogens is 374 g/mol. The summed E-state index contributed by atoms with van der Waals surface area (Å²) in [5, 5.41) is 17.7. The van der Waals surface area contributed by atoms with Crippen molar-refractivity contribution in [3.63, 3.8) is 0 Å². The van der Waals surface area contributed by atoms with Crippen LogP contribution in [-0.4, -0.2) is 25.9 Å². The summed E-state index contributed by atoms with van der Waals surface area (Å²) in [6.45, 7) is 0. The van der Waals surface area contributed by atoms with Gasteiger partial charge in [0.15, 0.2) is 16.6 Å². The molecule has 3 aromatic rings. The Labute approximate surface area is 159 Å². The maximum absolute atomic E-state index is 12.2. The number of aromatic nitrogens is 2. The molecule has 7 nitrogen and oxygen atoms in total. The molecule has 26 heavy (non-hydrogen) atoms. The number of halogens is 1. The van der Waals surface area contributed by atoms with Crippen LogP contribution in [0.15, 0.2) is 60.8 Å². The van der Waals surface area contributed by atoms with E-state index in [-0.39, 0.29) is 16.6 Å². The summed E-state index contributed by atoms with van der Waals surface area (Å²) in [6, 6.07) is 16.0. The van der Waals surface area contributed by atoms with Gasteiger partial charge in [-0.15, -0.1) is 0 Å². The summed E-state index contributed by atoms with van der Waals surface area (Å²) in [5.41, 5.74) is 6.22. The molecule has 0 aliphatic rings. The predicted molar refractivity (Wildman–Crippen MR) is 104 cm³/mol. The van der Waals surface area contributed by atoms with Crippen LogP contribution in [0.2, 0.25) is 5.02 Å². The first-order valence-electron chi connectivity index (χ1n) is 7.50. The maximum atomic E-state index is 12.2. The van der Waals surface area contributed by atoms with E-state index in [9.17, 15) is 9.90 Å². The molecular formula is C17H14ClN5O2S. The number of carbonyl (C=O) groups is 1. The minimum absolute atomic E-state index is 0.129. The molecule has 132 valence electrons. The van der Waals surface area contributed by atoms with Crippen LogP contribution in [0.5, 0.6) is 5.75 Å². The molecule has 3 rings (SSSR count). The van der Waals surface area contributed by atoms with Crippen molar-refractivity contribution in [2.45, 2.75) is 0 Å². The molecule has 0 radical (unpaired) electrons. The fraction of sp³-hybridized carbons (Fsp3) is 0. The number of para-hydroxylation sites is 1. The zero-order valence-electron chi connectivity index (χ0n) is 13.3. The SMILES string of the molecule is O=C(NNC(=S)Nc1ccc(Cl)cc1)c1nn(-c2ccccc2)cc1O. The molecule has 0 saturated heterocycles. The van der Waals surface area contributed by atoms with Gasteiger partial charge in [0, 0.05) is 10.7 Å². The Kier molecular flexibility index (Phi) is 5.35. The first kappa shape index (κ1) is 17.7. The lowest BCUT2D eigenvalue weighted by molar-refractivity contribution is 0.0936. The highest BCUT2D eigenvalue weighted by atomic mass is 35.5. The molecule has 0 atom stereocenters. The van der Waals surface area contributed by atoms with Gasteiger partial charge in [0.1, 0.15) is 0 Å². The van der Waals surface area contributed by atoms with E-state index in [0.29, 0.717) is 10.7 Å². The highest BCUT2D eigenvalue weighted by Crippen LogP contribution is 2.17. The Hall–Kier alpha value is -3.10. The average Bonchev–Trinajstić information content (AvgIpc) is 3.04. The number of anilines is 1. The third-order valence-corrected chi connectivity index (χ3v) is 3.78. The largest absolute Gasteiger partial charge is 0.504 e. The second-order valence-corrected chi connectivity index (χ2v) is 6.03. The van der Waals surface area contributed by atoms with E-state index in [1.807, 2.05) is 18.2 Å². The van der Waals surface area contributed by atoms with Crippen LogP contribution in [-0.2, 0) is 0 Å². The number of aromatic hydroxyl groups is 1. The number of hydrazine groups is 1. The van der Waals surface area contributed by atoms with Crippen molar-refractivity contribution in [3.8, 4) is 11.4 Å². The molecule has 9 heteroatoms. The van der Waals surface area contributed by atoms with Gasteiger partial charge in [0.05, 0.1) is 11.9 Å². The molecule has 4 N–H and O–H groups in total. The van der Waals surface area contributed by atoms with Crippen LogP contribution in [0.3, 0.4) is 0 Å². The van der Waals surface area contributed by atoms with Crippen LogP contribution in [0, 0.1) is 0 Å². The summed E-state index contributed by atoms with van der Waals surface area (Å²) in [4.78, 5) is 12.2. The van der Waals surface area contributed by atoms with Gasteiger partial charge in [-0.25, -0.2) is 4.68 Å². The van der Waals surface area contributed by atoms with Gasteiger partial charge < -0.3 is 10.4 Å². The monoisotopic (exact) mass is 387 g/mol. The Balaban J connectivity index is 1.60. The number of carbonyl (C=O) groups excluding carboxylic acids is 1. The van der Waals surface area contributed by atoms with Crippen molar-refractivity contribution < 1.29 is 9.90 Å². The van der Waals surface area contributed by atoms with E-state index >= 15 is 0 Å². The molecule has 1 heterocycles. The number of nitrogens with zero attached hydrogens (tertiary/aromatic N) is 2.